The number of nitro groups is 1. The summed E-state index contributed by atoms with van der Waals surface area (Å²) in [5.74, 6) is 0.566. The van der Waals surface area contributed by atoms with Gasteiger partial charge in [-0.1, -0.05) is 0 Å². The van der Waals surface area contributed by atoms with Gasteiger partial charge >= 0.3 is 0 Å². The van der Waals surface area contributed by atoms with E-state index in [1.807, 2.05) is 6.92 Å². The zero-order chi connectivity index (χ0) is 11.4. The van der Waals surface area contributed by atoms with Crippen molar-refractivity contribution in [2.24, 2.45) is 0 Å². The number of benzene rings is 1. The summed E-state index contributed by atoms with van der Waals surface area (Å²) in [6.45, 7) is 2.49. The fourth-order valence-electron chi connectivity index (χ4n) is 1.18. The molecule has 0 fully saturated rings. The fraction of sp³-hybridized carbons (Fsp3) is 0.333. The molecular formula is C9H11BrN2O3. The number of halogens is 1. The van der Waals surface area contributed by atoms with Crippen LogP contribution in [-0.2, 0) is 0 Å². The van der Waals surface area contributed by atoms with Crippen molar-refractivity contribution in [3.05, 3.63) is 26.7 Å². The predicted molar refractivity (Wildman–Crippen MR) is 61.5 cm³/mol. The Labute approximate surface area is 95.7 Å². The van der Waals surface area contributed by atoms with Crippen LogP contribution in [0.5, 0.6) is 5.75 Å². The fourth-order valence-corrected chi connectivity index (χ4v) is 1.68. The van der Waals surface area contributed by atoms with Crippen molar-refractivity contribution in [2.75, 3.05) is 19.0 Å². The molecule has 5 nitrogen and oxygen atoms in total. The average molecular weight is 275 g/mol. The van der Waals surface area contributed by atoms with Crippen molar-refractivity contribution >= 4 is 27.3 Å². The standard InChI is InChI=1S/C9H11BrN2O3/c1-3-11-7-5-9(15-2)6(10)4-8(7)12(13)14/h4-5,11H,3H2,1-2H3. The van der Waals surface area contributed by atoms with E-state index >= 15 is 0 Å². The Kier molecular flexibility index (Phi) is 3.90. The average Bonchev–Trinajstić information content (AvgIpc) is 2.20. The molecule has 0 aliphatic rings. The summed E-state index contributed by atoms with van der Waals surface area (Å²) in [4.78, 5) is 10.3. The normalized spacial score (nSPS) is 9.80. The van der Waals surface area contributed by atoms with E-state index in [2.05, 4.69) is 21.2 Å². The van der Waals surface area contributed by atoms with E-state index in [4.69, 9.17) is 4.74 Å². The second kappa shape index (κ2) is 4.97. The number of ether oxygens (including phenoxy) is 1. The predicted octanol–water partition coefficient (Wildman–Crippen LogP) is 2.80. The van der Waals surface area contributed by atoms with Gasteiger partial charge in [-0.2, -0.15) is 0 Å². The van der Waals surface area contributed by atoms with Gasteiger partial charge < -0.3 is 10.1 Å². The Morgan fingerprint density at radius 3 is 2.73 bits per heavy atom. The molecule has 0 atom stereocenters. The maximum absolute atomic E-state index is 10.8. The molecule has 0 aliphatic carbocycles. The van der Waals surface area contributed by atoms with Gasteiger partial charge in [0.25, 0.3) is 5.69 Å². The van der Waals surface area contributed by atoms with Crippen LogP contribution in [-0.4, -0.2) is 18.6 Å². The van der Waals surface area contributed by atoms with Crippen LogP contribution in [0.2, 0.25) is 0 Å². The van der Waals surface area contributed by atoms with Crippen LogP contribution in [0.15, 0.2) is 16.6 Å². The Morgan fingerprint density at radius 2 is 2.27 bits per heavy atom. The van der Waals surface area contributed by atoms with Gasteiger partial charge in [0.15, 0.2) is 0 Å². The molecular weight excluding hydrogens is 264 g/mol. The molecule has 1 aromatic carbocycles. The SMILES string of the molecule is CCNc1cc(OC)c(Br)cc1[N+](=O)[O-]. The number of rotatable bonds is 4. The molecule has 0 saturated carbocycles. The first-order valence-electron chi connectivity index (χ1n) is 4.36. The van der Waals surface area contributed by atoms with Gasteiger partial charge in [-0.3, -0.25) is 10.1 Å². The molecule has 6 heteroatoms. The highest BCUT2D eigenvalue weighted by molar-refractivity contribution is 9.10. The minimum atomic E-state index is -0.428. The lowest BCUT2D eigenvalue weighted by molar-refractivity contribution is -0.384. The molecule has 0 amide bonds. The molecule has 0 aromatic heterocycles. The third-order valence-corrected chi connectivity index (χ3v) is 2.45. The molecule has 0 aliphatic heterocycles. The maximum Gasteiger partial charge on any atom is 0.293 e. The van der Waals surface area contributed by atoms with Crippen LogP contribution >= 0.6 is 15.9 Å². The van der Waals surface area contributed by atoms with Crippen LogP contribution in [0.3, 0.4) is 0 Å². The first kappa shape index (κ1) is 11.8. The van der Waals surface area contributed by atoms with Gasteiger partial charge in [-0.15, -0.1) is 0 Å². The van der Waals surface area contributed by atoms with Crippen molar-refractivity contribution in [1.29, 1.82) is 0 Å². The Hall–Kier alpha value is -1.30. The van der Waals surface area contributed by atoms with Crippen LogP contribution < -0.4 is 10.1 Å². The highest BCUT2D eigenvalue weighted by Gasteiger charge is 2.16. The lowest BCUT2D eigenvalue weighted by Crippen LogP contribution is -2.02. The Bertz CT molecular complexity index is 382. The molecule has 1 N–H and O–H groups in total. The van der Waals surface area contributed by atoms with Gasteiger partial charge in [0.1, 0.15) is 11.4 Å². The smallest absolute Gasteiger partial charge is 0.293 e. The molecule has 15 heavy (non-hydrogen) atoms. The number of methoxy groups -OCH3 is 1. The van der Waals surface area contributed by atoms with Gasteiger partial charge in [0, 0.05) is 18.7 Å². The number of nitro benzene ring substituents is 1. The van der Waals surface area contributed by atoms with Gasteiger partial charge in [0.2, 0.25) is 0 Å². The summed E-state index contributed by atoms with van der Waals surface area (Å²) in [6.07, 6.45) is 0. The number of nitrogens with zero attached hydrogens (tertiary/aromatic N) is 1. The first-order chi connectivity index (χ1) is 7.10. The summed E-state index contributed by atoms with van der Waals surface area (Å²) >= 11 is 3.20. The van der Waals surface area contributed by atoms with Gasteiger partial charge in [-0.05, 0) is 22.9 Å². The summed E-state index contributed by atoms with van der Waals surface area (Å²) in [6, 6.07) is 3.03. The molecule has 0 spiro atoms. The summed E-state index contributed by atoms with van der Waals surface area (Å²) < 4.78 is 5.63. The highest BCUT2D eigenvalue weighted by Crippen LogP contribution is 2.35. The molecule has 1 rings (SSSR count). The van der Waals surface area contributed by atoms with Gasteiger partial charge in [-0.25, -0.2) is 0 Å². The summed E-state index contributed by atoms with van der Waals surface area (Å²) in [7, 11) is 1.52. The molecule has 1 aromatic rings. The molecule has 0 heterocycles. The van der Waals surface area contributed by atoms with E-state index in [-0.39, 0.29) is 5.69 Å². The molecule has 0 saturated heterocycles. The molecule has 0 bridgehead atoms. The topological polar surface area (TPSA) is 64.4 Å². The van der Waals surface area contributed by atoms with E-state index in [0.717, 1.165) is 0 Å². The third-order valence-electron chi connectivity index (χ3n) is 1.83. The monoisotopic (exact) mass is 274 g/mol. The number of anilines is 1. The van der Waals surface area contributed by atoms with E-state index in [1.54, 1.807) is 6.07 Å². The van der Waals surface area contributed by atoms with Crippen LogP contribution in [0, 0.1) is 10.1 Å². The van der Waals surface area contributed by atoms with E-state index in [9.17, 15) is 10.1 Å². The molecule has 0 unspecified atom stereocenters. The van der Waals surface area contributed by atoms with Crippen molar-refractivity contribution in [2.45, 2.75) is 6.92 Å². The largest absolute Gasteiger partial charge is 0.495 e. The second-order valence-corrected chi connectivity index (χ2v) is 3.65. The van der Waals surface area contributed by atoms with Crippen LogP contribution in [0.1, 0.15) is 6.92 Å². The summed E-state index contributed by atoms with van der Waals surface area (Å²) in [5, 5.41) is 13.7. The molecule has 0 radical (unpaired) electrons. The van der Waals surface area contributed by atoms with E-state index < -0.39 is 4.92 Å². The number of hydrogen-bond donors (Lipinski definition) is 1. The summed E-state index contributed by atoms with van der Waals surface area (Å²) in [5.41, 5.74) is 0.493. The van der Waals surface area contributed by atoms with Crippen molar-refractivity contribution in [3.8, 4) is 5.75 Å². The lowest BCUT2D eigenvalue weighted by atomic mass is 10.2. The van der Waals surface area contributed by atoms with Crippen molar-refractivity contribution < 1.29 is 9.66 Å². The third kappa shape index (κ3) is 2.59. The minimum absolute atomic E-state index is 0.0320. The Balaban J connectivity index is 3.25. The van der Waals surface area contributed by atoms with Crippen molar-refractivity contribution in [1.82, 2.24) is 0 Å². The highest BCUT2D eigenvalue weighted by atomic mass is 79.9. The zero-order valence-electron chi connectivity index (χ0n) is 8.41. The van der Waals surface area contributed by atoms with E-state index in [0.29, 0.717) is 22.5 Å². The minimum Gasteiger partial charge on any atom is -0.495 e. The van der Waals surface area contributed by atoms with Crippen LogP contribution in [0.4, 0.5) is 11.4 Å². The molecule has 82 valence electrons. The Morgan fingerprint density at radius 1 is 1.60 bits per heavy atom. The lowest BCUT2D eigenvalue weighted by Gasteiger charge is -2.08. The maximum atomic E-state index is 10.8. The first-order valence-corrected chi connectivity index (χ1v) is 5.15. The van der Waals surface area contributed by atoms with Crippen molar-refractivity contribution in [3.63, 3.8) is 0 Å². The van der Waals surface area contributed by atoms with Gasteiger partial charge in [0.05, 0.1) is 16.5 Å². The second-order valence-electron chi connectivity index (χ2n) is 2.79. The quantitative estimate of drug-likeness (QED) is 0.677. The number of nitrogens with one attached hydrogen (secondary N) is 1. The number of hydrogen-bond acceptors (Lipinski definition) is 4. The van der Waals surface area contributed by atoms with E-state index in [1.165, 1.54) is 13.2 Å². The zero-order valence-corrected chi connectivity index (χ0v) is 10.00. The van der Waals surface area contributed by atoms with Crippen LogP contribution in [0.25, 0.3) is 0 Å².